The van der Waals surface area contributed by atoms with Crippen molar-refractivity contribution in [1.82, 2.24) is 4.72 Å². The molecule has 1 aromatic carbocycles. The molecule has 0 radical (unpaired) electrons. The van der Waals surface area contributed by atoms with Crippen LogP contribution in [0.5, 0.6) is 0 Å². The van der Waals surface area contributed by atoms with E-state index in [1.807, 2.05) is 0 Å². The fourth-order valence-electron chi connectivity index (χ4n) is 1.52. The van der Waals surface area contributed by atoms with Crippen LogP contribution in [0.3, 0.4) is 0 Å². The van der Waals surface area contributed by atoms with E-state index in [2.05, 4.69) is 4.72 Å². The molecule has 0 aliphatic carbocycles. The predicted molar refractivity (Wildman–Crippen MR) is 71.1 cm³/mol. The summed E-state index contributed by atoms with van der Waals surface area (Å²) in [6.07, 6.45) is 0. The molecule has 0 unspecified atom stereocenters. The maximum Gasteiger partial charge on any atom is 0.371 e. The highest BCUT2D eigenvalue weighted by Crippen LogP contribution is 2.22. The summed E-state index contributed by atoms with van der Waals surface area (Å²) >= 11 is 5.52. The van der Waals surface area contributed by atoms with Crippen LogP contribution in [0.15, 0.2) is 39.6 Å². The lowest BCUT2D eigenvalue weighted by molar-refractivity contribution is 0.0660. The van der Waals surface area contributed by atoms with Gasteiger partial charge in [0.15, 0.2) is 5.82 Å². The average Bonchev–Trinajstić information content (AvgIpc) is 2.88. The van der Waals surface area contributed by atoms with Crippen molar-refractivity contribution in [3.63, 3.8) is 0 Å². The first-order valence-electron chi connectivity index (χ1n) is 5.57. The maximum atomic E-state index is 13.7. The van der Waals surface area contributed by atoms with Crippen molar-refractivity contribution in [2.75, 3.05) is 0 Å². The minimum atomic E-state index is -4.14. The van der Waals surface area contributed by atoms with Gasteiger partial charge in [-0.15, -0.1) is 0 Å². The van der Waals surface area contributed by atoms with E-state index in [-0.39, 0.29) is 23.1 Å². The third-order valence-electron chi connectivity index (χ3n) is 2.51. The van der Waals surface area contributed by atoms with Crippen LogP contribution in [0.2, 0.25) is 5.02 Å². The van der Waals surface area contributed by atoms with E-state index in [9.17, 15) is 17.6 Å². The van der Waals surface area contributed by atoms with Gasteiger partial charge in [0.25, 0.3) is 0 Å². The molecule has 21 heavy (non-hydrogen) atoms. The molecule has 0 amide bonds. The van der Waals surface area contributed by atoms with Gasteiger partial charge in [0.2, 0.25) is 15.8 Å². The lowest BCUT2D eigenvalue weighted by atomic mass is 10.3. The molecule has 0 spiro atoms. The van der Waals surface area contributed by atoms with E-state index < -0.39 is 26.7 Å². The maximum absolute atomic E-state index is 13.7. The molecule has 0 saturated heterocycles. The van der Waals surface area contributed by atoms with Gasteiger partial charge in [0, 0.05) is 0 Å². The molecule has 112 valence electrons. The zero-order valence-corrected chi connectivity index (χ0v) is 11.9. The fourth-order valence-corrected chi connectivity index (χ4v) is 2.85. The van der Waals surface area contributed by atoms with E-state index in [4.69, 9.17) is 21.1 Å². The summed E-state index contributed by atoms with van der Waals surface area (Å²) in [6.45, 7) is -0.318. The molecule has 0 atom stereocenters. The number of furan rings is 1. The Morgan fingerprint density at radius 1 is 1.33 bits per heavy atom. The normalized spacial score (nSPS) is 11.5. The first-order valence-corrected chi connectivity index (χ1v) is 7.43. The van der Waals surface area contributed by atoms with Gasteiger partial charge in [0.05, 0.1) is 11.6 Å². The summed E-state index contributed by atoms with van der Waals surface area (Å²) in [5.41, 5.74) is 0. The molecule has 0 saturated carbocycles. The van der Waals surface area contributed by atoms with Gasteiger partial charge in [-0.05, 0) is 24.3 Å². The largest absolute Gasteiger partial charge is 0.475 e. The number of rotatable bonds is 5. The molecule has 1 aromatic heterocycles. The van der Waals surface area contributed by atoms with Crippen molar-refractivity contribution in [2.24, 2.45) is 0 Å². The number of halogens is 2. The zero-order valence-electron chi connectivity index (χ0n) is 10.3. The fraction of sp³-hybridized carbons (Fsp3) is 0.0833. The molecule has 2 N–H and O–H groups in total. The van der Waals surface area contributed by atoms with Gasteiger partial charge < -0.3 is 9.52 Å². The Morgan fingerprint density at radius 2 is 2.05 bits per heavy atom. The molecule has 1 heterocycles. The number of carboxylic acid groups (broad SMARTS) is 1. The third kappa shape index (κ3) is 3.41. The Kier molecular flexibility index (Phi) is 4.31. The second-order valence-electron chi connectivity index (χ2n) is 3.95. The van der Waals surface area contributed by atoms with Gasteiger partial charge in [-0.3, -0.25) is 0 Å². The quantitative estimate of drug-likeness (QED) is 0.874. The lowest BCUT2D eigenvalue weighted by Gasteiger charge is -2.07. The Morgan fingerprint density at radius 3 is 2.67 bits per heavy atom. The van der Waals surface area contributed by atoms with Crippen LogP contribution in [-0.2, 0) is 16.6 Å². The van der Waals surface area contributed by atoms with E-state index in [1.54, 1.807) is 0 Å². The van der Waals surface area contributed by atoms with E-state index in [0.717, 1.165) is 6.07 Å². The van der Waals surface area contributed by atoms with Crippen molar-refractivity contribution in [2.45, 2.75) is 11.4 Å². The number of benzene rings is 1. The van der Waals surface area contributed by atoms with Crippen molar-refractivity contribution < 1.29 is 27.1 Å². The average molecular weight is 334 g/mol. The number of aromatic carboxylic acids is 1. The molecule has 0 bridgehead atoms. The SMILES string of the molecule is O=C(O)c1ccc(CNS(=O)(=O)c2cccc(Cl)c2F)o1. The van der Waals surface area contributed by atoms with Gasteiger partial charge >= 0.3 is 5.97 Å². The Labute approximate surface area is 124 Å². The highest BCUT2D eigenvalue weighted by molar-refractivity contribution is 7.89. The first kappa shape index (κ1) is 15.5. The van der Waals surface area contributed by atoms with Crippen molar-refractivity contribution >= 4 is 27.6 Å². The van der Waals surface area contributed by atoms with Crippen LogP contribution >= 0.6 is 11.6 Å². The van der Waals surface area contributed by atoms with Crippen LogP contribution in [0.25, 0.3) is 0 Å². The first-order chi connectivity index (χ1) is 9.81. The summed E-state index contributed by atoms with van der Waals surface area (Å²) in [4.78, 5) is 10.0. The van der Waals surface area contributed by atoms with Gasteiger partial charge in [0.1, 0.15) is 10.7 Å². The predicted octanol–water partition coefficient (Wildman–Crippen LogP) is 2.25. The second kappa shape index (κ2) is 5.84. The van der Waals surface area contributed by atoms with E-state index in [0.29, 0.717) is 0 Å². The molecule has 0 fully saturated rings. The molecule has 0 aliphatic rings. The Hall–Kier alpha value is -1.90. The number of hydrogen-bond acceptors (Lipinski definition) is 4. The second-order valence-corrected chi connectivity index (χ2v) is 6.09. The van der Waals surface area contributed by atoms with Gasteiger partial charge in [-0.25, -0.2) is 22.3 Å². The summed E-state index contributed by atoms with van der Waals surface area (Å²) < 4.78 is 44.6. The Bertz CT molecular complexity index is 787. The van der Waals surface area contributed by atoms with Crippen LogP contribution < -0.4 is 4.72 Å². The highest BCUT2D eigenvalue weighted by atomic mass is 35.5. The van der Waals surface area contributed by atoms with Crippen molar-refractivity contribution in [1.29, 1.82) is 0 Å². The lowest BCUT2D eigenvalue weighted by Crippen LogP contribution is -2.24. The topological polar surface area (TPSA) is 96.6 Å². The van der Waals surface area contributed by atoms with Crippen molar-refractivity contribution in [3.8, 4) is 0 Å². The van der Waals surface area contributed by atoms with Crippen molar-refractivity contribution in [3.05, 3.63) is 52.7 Å². The Balaban J connectivity index is 2.18. The molecular weight excluding hydrogens is 325 g/mol. The number of hydrogen-bond donors (Lipinski definition) is 2. The summed E-state index contributed by atoms with van der Waals surface area (Å²) in [6, 6.07) is 6.08. The number of sulfonamides is 1. The van der Waals surface area contributed by atoms with E-state index in [1.165, 1.54) is 24.3 Å². The zero-order chi connectivity index (χ0) is 15.6. The standard InChI is InChI=1S/C12H9ClFNO5S/c13-8-2-1-3-10(11(8)14)21(18,19)15-6-7-4-5-9(20-7)12(16)17/h1-5,15H,6H2,(H,16,17). The number of nitrogens with one attached hydrogen (secondary N) is 1. The summed E-state index contributed by atoms with van der Waals surface area (Å²) in [5, 5.41) is 8.36. The molecular formula is C12H9ClFNO5S. The van der Waals surface area contributed by atoms with E-state index >= 15 is 0 Å². The molecule has 0 aliphatic heterocycles. The third-order valence-corrected chi connectivity index (χ3v) is 4.23. The minimum Gasteiger partial charge on any atom is -0.475 e. The van der Waals surface area contributed by atoms with Crippen LogP contribution in [0, 0.1) is 5.82 Å². The van der Waals surface area contributed by atoms with Crippen LogP contribution in [0.4, 0.5) is 4.39 Å². The minimum absolute atomic E-state index is 0.0819. The smallest absolute Gasteiger partial charge is 0.371 e. The molecule has 2 rings (SSSR count). The number of carboxylic acids is 1. The highest BCUT2D eigenvalue weighted by Gasteiger charge is 2.21. The number of carbonyl (C=O) groups is 1. The van der Waals surface area contributed by atoms with Crippen LogP contribution in [0.1, 0.15) is 16.3 Å². The summed E-state index contributed by atoms with van der Waals surface area (Å²) in [7, 11) is -4.14. The molecule has 2 aromatic rings. The van der Waals surface area contributed by atoms with Crippen LogP contribution in [-0.4, -0.2) is 19.5 Å². The molecule has 9 heteroatoms. The monoisotopic (exact) mass is 333 g/mol. The van der Waals surface area contributed by atoms with Gasteiger partial charge in [-0.2, -0.15) is 0 Å². The van der Waals surface area contributed by atoms with Gasteiger partial charge in [-0.1, -0.05) is 17.7 Å². The molecule has 6 nitrogen and oxygen atoms in total. The summed E-state index contributed by atoms with van der Waals surface area (Å²) in [5.74, 6) is -2.57.